The van der Waals surface area contributed by atoms with Crippen LogP contribution in [0.1, 0.15) is 22.4 Å². The number of carbonyl (C=O) groups excluding carboxylic acids is 4. The van der Waals surface area contributed by atoms with Gasteiger partial charge in [-0.2, -0.15) is 0 Å². The normalized spacial score (nSPS) is 12.7. The smallest absolute Gasteiger partial charge is 0.408 e. The number of H-pyrrole nitrogens is 1. The lowest BCUT2D eigenvalue weighted by molar-refractivity contribution is -0.145. The van der Waals surface area contributed by atoms with Crippen molar-refractivity contribution in [2.45, 2.75) is 44.0 Å². The number of nitrogens with zero attached hydrogens (tertiary/aromatic N) is 1. The van der Waals surface area contributed by atoms with E-state index in [1.54, 1.807) is 0 Å². The van der Waals surface area contributed by atoms with Crippen LogP contribution in [0.2, 0.25) is 0 Å². The Kier molecular flexibility index (Phi) is 11.6. The van der Waals surface area contributed by atoms with Crippen molar-refractivity contribution < 1.29 is 28.7 Å². The molecule has 0 aliphatic heterocycles. The summed E-state index contributed by atoms with van der Waals surface area (Å²) in [6.45, 7) is 0.0143. The maximum Gasteiger partial charge on any atom is 0.408 e. The van der Waals surface area contributed by atoms with Crippen LogP contribution in [-0.4, -0.2) is 59.1 Å². The van der Waals surface area contributed by atoms with Gasteiger partial charge in [-0.05, 0) is 16.7 Å². The fourth-order valence-electron chi connectivity index (χ4n) is 4.52. The number of esters is 1. The first-order chi connectivity index (χ1) is 21.4. The van der Waals surface area contributed by atoms with Crippen LogP contribution in [0.25, 0.3) is 0 Å². The third-order valence-corrected chi connectivity index (χ3v) is 6.80. The molecule has 0 saturated carbocycles. The van der Waals surface area contributed by atoms with Crippen LogP contribution in [0.4, 0.5) is 4.79 Å². The van der Waals surface area contributed by atoms with Crippen molar-refractivity contribution in [3.05, 3.63) is 126 Å². The van der Waals surface area contributed by atoms with Gasteiger partial charge in [0.1, 0.15) is 24.7 Å². The summed E-state index contributed by atoms with van der Waals surface area (Å²) < 4.78 is 10.3. The van der Waals surface area contributed by atoms with E-state index in [4.69, 9.17) is 9.47 Å². The number of imidazole rings is 1. The second-order valence-electron chi connectivity index (χ2n) is 10.1. The zero-order valence-corrected chi connectivity index (χ0v) is 24.3. The fourth-order valence-corrected chi connectivity index (χ4v) is 4.52. The summed E-state index contributed by atoms with van der Waals surface area (Å²) in [5.74, 6) is -1.82. The van der Waals surface area contributed by atoms with Crippen LogP contribution in [0.3, 0.4) is 0 Å². The van der Waals surface area contributed by atoms with E-state index in [2.05, 4.69) is 25.9 Å². The third-order valence-electron chi connectivity index (χ3n) is 6.80. The molecule has 1 aromatic heterocycles. The zero-order valence-electron chi connectivity index (χ0n) is 24.3. The van der Waals surface area contributed by atoms with Crippen molar-refractivity contribution in [1.82, 2.24) is 25.9 Å². The molecule has 1 unspecified atom stereocenters. The van der Waals surface area contributed by atoms with E-state index in [9.17, 15) is 19.2 Å². The van der Waals surface area contributed by atoms with Crippen LogP contribution in [0, 0.1) is 0 Å². The van der Waals surface area contributed by atoms with Crippen molar-refractivity contribution >= 4 is 23.9 Å². The van der Waals surface area contributed by atoms with Crippen LogP contribution in [0.15, 0.2) is 104 Å². The van der Waals surface area contributed by atoms with Crippen molar-refractivity contribution in [3.8, 4) is 0 Å². The molecule has 3 amide bonds. The summed E-state index contributed by atoms with van der Waals surface area (Å²) in [4.78, 5) is 59.6. The molecule has 11 heteroatoms. The molecule has 3 atom stereocenters. The molecule has 1 heterocycles. The number of rotatable bonds is 14. The van der Waals surface area contributed by atoms with Gasteiger partial charge in [0, 0.05) is 31.2 Å². The molecule has 4 rings (SSSR count). The summed E-state index contributed by atoms with van der Waals surface area (Å²) >= 11 is 0. The highest BCUT2D eigenvalue weighted by Gasteiger charge is 2.31. The molecule has 3 aromatic carbocycles. The van der Waals surface area contributed by atoms with E-state index in [0.29, 0.717) is 5.69 Å². The van der Waals surface area contributed by atoms with Gasteiger partial charge in [0.05, 0.1) is 13.4 Å². The quantitative estimate of drug-likeness (QED) is 0.163. The maximum absolute atomic E-state index is 13.7. The molecule has 0 fully saturated rings. The molecule has 0 aliphatic rings. The summed E-state index contributed by atoms with van der Waals surface area (Å²) in [6.07, 6.45) is 2.59. The first-order valence-electron chi connectivity index (χ1n) is 14.1. The summed E-state index contributed by atoms with van der Waals surface area (Å²) in [5.41, 5.74) is 2.98. The Balaban J connectivity index is 1.51. The van der Waals surface area contributed by atoms with E-state index in [-0.39, 0.29) is 25.9 Å². The number of methoxy groups -OCH3 is 1. The number of ether oxygens (including phenoxy) is 2. The molecule has 0 aliphatic carbocycles. The molecule has 0 bridgehead atoms. The van der Waals surface area contributed by atoms with Crippen molar-refractivity contribution in [1.29, 1.82) is 0 Å². The highest BCUT2D eigenvalue weighted by Crippen LogP contribution is 2.09. The van der Waals surface area contributed by atoms with E-state index < -0.39 is 42.0 Å². The van der Waals surface area contributed by atoms with E-state index in [1.165, 1.54) is 19.6 Å². The lowest BCUT2D eigenvalue weighted by Gasteiger charge is -2.25. The SMILES string of the molecule is COC(=O)C(Cc1ccccc1)NC(=O)[C@H](Cc1ccccc1)NC(=O)[C@H](Cc1cnc[nH]1)NC(=O)OCc1ccccc1. The third kappa shape index (κ3) is 9.83. The number of aromatic amines is 1. The Morgan fingerprint density at radius 1 is 0.682 bits per heavy atom. The van der Waals surface area contributed by atoms with Gasteiger partial charge in [-0.1, -0.05) is 91.0 Å². The molecule has 11 nitrogen and oxygen atoms in total. The number of amides is 3. The summed E-state index contributed by atoms with van der Waals surface area (Å²) in [7, 11) is 1.25. The Morgan fingerprint density at radius 2 is 1.18 bits per heavy atom. The van der Waals surface area contributed by atoms with Crippen molar-refractivity contribution in [2.75, 3.05) is 7.11 Å². The van der Waals surface area contributed by atoms with E-state index >= 15 is 0 Å². The monoisotopic (exact) mass is 597 g/mol. The minimum absolute atomic E-state index is 0.0143. The number of benzene rings is 3. The molecule has 0 spiro atoms. The lowest BCUT2D eigenvalue weighted by Crippen LogP contribution is -2.57. The maximum atomic E-state index is 13.7. The number of hydrogen-bond acceptors (Lipinski definition) is 7. The second kappa shape index (κ2) is 16.3. The molecule has 0 radical (unpaired) electrons. The Hall–Kier alpha value is -5.45. The summed E-state index contributed by atoms with van der Waals surface area (Å²) in [5, 5.41) is 8.13. The highest BCUT2D eigenvalue weighted by molar-refractivity contribution is 5.93. The first kappa shape index (κ1) is 31.5. The fraction of sp³-hybridized carbons (Fsp3) is 0.242. The molecule has 44 heavy (non-hydrogen) atoms. The number of aromatic nitrogens is 2. The van der Waals surface area contributed by atoms with Gasteiger partial charge >= 0.3 is 12.1 Å². The predicted molar refractivity (Wildman–Crippen MR) is 162 cm³/mol. The van der Waals surface area contributed by atoms with Gasteiger partial charge in [0.25, 0.3) is 0 Å². The molecule has 4 N–H and O–H groups in total. The average molecular weight is 598 g/mol. The number of alkyl carbamates (subject to hydrolysis) is 1. The van der Waals surface area contributed by atoms with Gasteiger partial charge in [-0.15, -0.1) is 0 Å². The first-order valence-corrected chi connectivity index (χ1v) is 14.1. The largest absolute Gasteiger partial charge is 0.467 e. The Labute approximate surface area is 255 Å². The number of nitrogens with one attached hydrogen (secondary N) is 4. The van der Waals surface area contributed by atoms with Gasteiger partial charge in [-0.25, -0.2) is 14.6 Å². The molecular formula is C33H35N5O6. The van der Waals surface area contributed by atoms with E-state index in [0.717, 1.165) is 16.7 Å². The Morgan fingerprint density at radius 3 is 1.70 bits per heavy atom. The summed E-state index contributed by atoms with van der Waals surface area (Å²) in [6, 6.07) is 24.3. The van der Waals surface area contributed by atoms with Gasteiger partial charge in [0.15, 0.2) is 0 Å². The van der Waals surface area contributed by atoms with Crippen LogP contribution in [0.5, 0.6) is 0 Å². The molecule has 0 saturated heterocycles. The molecule has 4 aromatic rings. The predicted octanol–water partition coefficient (Wildman–Crippen LogP) is 2.88. The lowest BCUT2D eigenvalue weighted by atomic mass is 10.0. The van der Waals surface area contributed by atoms with Crippen LogP contribution < -0.4 is 16.0 Å². The van der Waals surface area contributed by atoms with Crippen LogP contribution >= 0.6 is 0 Å². The Bertz CT molecular complexity index is 1480. The number of hydrogen-bond donors (Lipinski definition) is 4. The average Bonchev–Trinajstić information content (AvgIpc) is 3.57. The standard InChI is InChI=1S/C33H35N5O6/c1-43-32(41)29(18-24-13-7-3-8-14-24)37-30(39)27(17-23-11-5-2-6-12-23)36-31(40)28(19-26-20-34-22-35-26)38-33(42)44-21-25-15-9-4-10-16-25/h2-16,20,22,27-29H,17-19,21H2,1H3,(H,34,35)(H,36,40)(H,37,39)(H,38,42)/t27-,28-,29?/m0/s1. The van der Waals surface area contributed by atoms with Crippen molar-refractivity contribution in [2.24, 2.45) is 0 Å². The molecular weight excluding hydrogens is 562 g/mol. The zero-order chi connectivity index (χ0) is 31.1. The van der Waals surface area contributed by atoms with E-state index in [1.807, 2.05) is 91.0 Å². The molecule has 228 valence electrons. The minimum Gasteiger partial charge on any atom is -0.467 e. The topological polar surface area (TPSA) is 152 Å². The van der Waals surface area contributed by atoms with Gasteiger partial charge in [-0.3, -0.25) is 9.59 Å². The van der Waals surface area contributed by atoms with Gasteiger partial charge < -0.3 is 30.4 Å². The minimum atomic E-state index is -1.11. The van der Waals surface area contributed by atoms with Crippen molar-refractivity contribution in [3.63, 3.8) is 0 Å². The van der Waals surface area contributed by atoms with Gasteiger partial charge in [0.2, 0.25) is 11.8 Å². The second-order valence-corrected chi connectivity index (χ2v) is 10.1. The number of carbonyl (C=O) groups is 4. The van der Waals surface area contributed by atoms with Crippen LogP contribution in [-0.2, 0) is 49.7 Å². The highest BCUT2D eigenvalue weighted by atomic mass is 16.5.